The van der Waals surface area contributed by atoms with Gasteiger partial charge in [0.2, 0.25) is 0 Å². The van der Waals surface area contributed by atoms with Crippen LogP contribution in [0.5, 0.6) is 5.75 Å². The SMILES string of the molecule is COc1ccc(C(=O)N(C)CC(C)C)c(F)c1. The molecule has 0 saturated heterocycles. The molecule has 0 fully saturated rings. The second kappa shape index (κ2) is 5.66. The number of carbonyl (C=O) groups excluding carboxylic acids is 1. The Morgan fingerprint density at radius 3 is 2.59 bits per heavy atom. The van der Waals surface area contributed by atoms with Gasteiger partial charge in [-0.1, -0.05) is 13.8 Å². The highest BCUT2D eigenvalue weighted by Crippen LogP contribution is 2.17. The first-order chi connectivity index (χ1) is 7.95. The largest absolute Gasteiger partial charge is 0.497 e. The lowest BCUT2D eigenvalue weighted by molar-refractivity contribution is 0.0774. The molecule has 1 amide bonds. The van der Waals surface area contributed by atoms with Crippen molar-refractivity contribution < 1.29 is 13.9 Å². The standard InChI is InChI=1S/C13H18FNO2/c1-9(2)8-15(3)13(16)11-6-5-10(17-4)7-12(11)14/h5-7,9H,8H2,1-4H3. The summed E-state index contributed by atoms with van der Waals surface area (Å²) in [4.78, 5) is 13.5. The van der Waals surface area contributed by atoms with E-state index in [-0.39, 0.29) is 11.5 Å². The third-order valence-electron chi connectivity index (χ3n) is 2.39. The molecule has 0 aliphatic carbocycles. The van der Waals surface area contributed by atoms with E-state index in [0.29, 0.717) is 18.2 Å². The minimum Gasteiger partial charge on any atom is -0.497 e. The van der Waals surface area contributed by atoms with Gasteiger partial charge in [-0.25, -0.2) is 4.39 Å². The molecule has 4 heteroatoms. The molecule has 3 nitrogen and oxygen atoms in total. The summed E-state index contributed by atoms with van der Waals surface area (Å²) in [5, 5.41) is 0. The van der Waals surface area contributed by atoms with Crippen molar-refractivity contribution in [2.75, 3.05) is 20.7 Å². The van der Waals surface area contributed by atoms with Crippen LogP contribution in [0.4, 0.5) is 4.39 Å². The molecule has 0 atom stereocenters. The minimum absolute atomic E-state index is 0.0777. The molecule has 94 valence electrons. The first-order valence-corrected chi connectivity index (χ1v) is 5.54. The van der Waals surface area contributed by atoms with Crippen LogP contribution in [0.25, 0.3) is 0 Å². The zero-order valence-corrected chi connectivity index (χ0v) is 10.7. The third-order valence-corrected chi connectivity index (χ3v) is 2.39. The molecule has 17 heavy (non-hydrogen) atoms. The molecule has 0 N–H and O–H groups in total. The molecule has 0 aliphatic rings. The van der Waals surface area contributed by atoms with Crippen molar-refractivity contribution in [3.63, 3.8) is 0 Å². The van der Waals surface area contributed by atoms with Crippen LogP contribution in [0.15, 0.2) is 18.2 Å². The van der Waals surface area contributed by atoms with Crippen LogP contribution in [0.3, 0.4) is 0 Å². The van der Waals surface area contributed by atoms with Crippen molar-refractivity contribution in [1.29, 1.82) is 0 Å². The summed E-state index contributed by atoms with van der Waals surface area (Å²) in [5.74, 6) is -0.0976. The van der Waals surface area contributed by atoms with Gasteiger partial charge in [-0.15, -0.1) is 0 Å². The zero-order chi connectivity index (χ0) is 13.0. The Balaban J connectivity index is 2.89. The summed E-state index contributed by atoms with van der Waals surface area (Å²) in [6.07, 6.45) is 0. The maximum Gasteiger partial charge on any atom is 0.256 e. The van der Waals surface area contributed by atoms with Crippen LogP contribution in [0, 0.1) is 11.7 Å². The summed E-state index contributed by atoms with van der Waals surface area (Å²) >= 11 is 0. The van der Waals surface area contributed by atoms with Crippen molar-refractivity contribution >= 4 is 5.91 Å². The average molecular weight is 239 g/mol. The summed E-state index contributed by atoms with van der Waals surface area (Å²) in [6, 6.07) is 4.25. The number of benzene rings is 1. The Morgan fingerprint density at radius 2 is 2.12 bits per heavy atom. The molecule has 1 aromatic rings. The first kappa shape index (κ1) is 13.5. The number of amides is 1. The van der Waals surface area contributed by atoms with E-state index in [0.717, 1.165) is 0 Å². The Labute approximate surface area is 101 Å². The topological polar surface area (TPSA) is 29.5 Å². The molecule has 1 aromatic carbocycles. The van der Waals surface area contributed by atoms with Gasteiger partial charge in [0, 0.05) is 19.7 Å². The van der Waals surface area contributed by atoms with Gasteiger partial charge in [0.25, 0.3) is 5.91 Å². The van der Waals surface area contributed by atoms with Crippen LogP contribution < -0.4 is 4.74 Å². The average Bonchev–Trinajstić information content (AvgIpc) is 2.27. The predicted octanol–water partition coefficient (Wildman–Crippen LogP) is 2.56. The normalized spacial score (nSPS) is 10.5. The van der Waals surface area contributed by atoms with Gasteiger partial charge >= 0.3 is 0 Å². The van der Waals surface area contributed by atoms with E-state index < -0.39 is 5.82 Å². The van der Waals surface area contributed by atoms with Gasteiger partial charge in [-0.3, -0.25) is 4.79 Å². The number of nitrogens with zero attached hydrogens (tertiary/aromatic N) is 1. The van der Waals surface area contributed by atoms with Crippen LogP contribution in [0.1, 0.15) is 24.2 Å². The van der Waals surface area contributed by atoms with Crippen molar-refractivity contribution in [3.8, 4) is 5.75 Å². The molecule has 0 heterocycles. The maximum absolute atomic E-state index is 13.7. The van der Waals surface area contributed by atoms with Crippen LogP contribution in [0.2, 0.25) is 0 Å². The molecular weight excluding hydrogens is 221 g/mol. The lowest BCUT2D eigenvalue weighted by Crippen LogP contribution is -2.30. The van der Waals surface area contributed by atoms with Crippen LogP contribution in [-0.4, -0.2) is 31.5 Å². The van der Waals surface area contributed by atoms with E-state index >= 15 is 0 Å². The molecule has 0 radical (unpaired) electrons. The highest BCUT2D eigenvalue weighted by molar-refractivity contribution is 5.94. The monoisotopic (exact) mass is 239 g/mol. The smallest absolute Gasteiger partial charge is 0.256 e. The van der Waals surface area contributed by atoms with Gasteiger partial charge < -0.3 is 9.64 Å². The molecule has 0 spiro atoms. The Hall–Kier alpha value is -1.58. The zero-order valence-electron chi connectivity index (χ0n) is 10.7. The molecule has 0 unspecified atom stereocenters. The Kier molecular flexibility index (Phi) is 4.49. The minimum atomic E-state index is -0.551. The lowest BCUT2D eigenvalue weighted by Gasteiger charge is -2.19. The maximum atomic E-state index is 13.7. The van der Waals surface area contributed by atoms with Gasteiger partial charge in [0.15, 0.2) is 0 Å². The molecule has 1 rings (SSSR count). The highest BCUT2D eigenvalue weighted by atomic mass is 19.1. The van der Waals surface area contributed by atoms with E-state index in [1.807, 2.05) is 13.8 Å². The van der Waals surface area contributed by atoms with Crippen molar-refractivity contribution in [3.05, 3.63) is 29.6 Å². The highest BCUT2D eigenvalue weighted by Gasteiger charge is 2.17. The lowest BCUT2D eigenvalue weighted by atomic mass is 10.1. The second-order valence-electron chi connectivity index (χ2n) is 4.43. The number of carbonyl (C=O) groups is 1. The van der Waals surface area contributed by atoms with Crippen molar-refractivity contribution in [1.82, 2.24) is 4.90 Å². The van der Waals surface area contributed by atoms with Gasteiger partial charge in [-0.05, 0) is 18.1 Å². The number of hydrogen-bond donors (Lipinski definition) is 0. The van der Waals surface area contributed by atoms with Gasteiger partial charge in [-0.2, -0.15) is 0 Å². The fourth-order valence-electron chi connectivity index (χ4n) is 1.63. The number of methoxy groups -OCH3 is 1. The number of ether oxygens (including phenoxy) is 1. The van der Waals surface area contributed by atoms with E-state index in [2.05, 4.69) is 0 Å². The third kappa shape index (κ3) is 3.44. The van der Waals surface area contributed by atoms with Gasteiger partial charge in [0.05, 0.1) is 12.7 Å². The molecule has 0 aromatic heterocycles. The van der Waals surface area contributed by atoms with E-state index in [1.165, 1.54) is 24.1 Å². The summed E-state index contributed by atoms with van der Waals surface area (Å²) in [5.41, 5.74) is 0.0777. The van der Waals surface area contributed by atoms with Crippen LogP contribution in [-0.2, 0) is 0 Å². The fraction of sp³-hybridized carbons (Fsp3) is 0.462. The summed E-state index contributed by atoms with van der Waals surface area (Å²) < 4.78 is 18.5. The van der Waals surface area contributed by atoms with E-state index in [4.69, 9.17) is 4.74 Å². The van der Waals surface area contributed by atoms with Crippen LogP contribution >= 0.6 is 0 Å². The van der Waals surface area contributed by atoms with E-state index in [9.17, 15) is 9.18 Å². The molecular formula is C13H18FNO2. The molecule has 0 bridgehead atoms. The quantitative estimate of drug-likeness (QED) is 0.808. The summed E-state index contributed by atoms with van der Waals surface area (Å²) in [7, 11) is 3.13. The second-order valence-corrected chi connectivity index (χ2v) is 4.43. The number of hydrogen-bond acceptors (Lipinski definition) is 2. The number of rotatable bonds is 4. The Morgan fingerprint density at radius 1 is 1.47 bits per heavy atom. The molecule has 0 saturated carbocycles. The van der Waals surface area contributed by atoms with Crippen molar-refractivity contribution in [2.24, 2.45) is 5.92 Å². The summed E-state index contributed by atoms with van der Waals surface area (Å²) in [6.45, 7) is 4.62. The fourth-order valence-corrected chi connectivity index (χ4v) is 1.63. The van der Waals surface area contributed by atoms with E-state index in [1.54, 1.807) is 13.1 Å². The molecule has 0 aliphatic heterocycles. The Bertz CT molecular complexity index is 404. The number of halogens is 1. The first-order valence-electron chi connectivity index (χ1n) is 5.54. The van der Waals surface area contributed by atoms with Gasteiger partial charge in [0.1, 0.15) is 11.6 Å². The predicted molar refractivity (Wildman–Crippen MR) is 64.8 cm³/mol. The van der Waals surface area contributed by atoms with Crippen molar-refractivity contribution in [2.45, 2.75) is 13.8 Å².